The molecule has 2 aromatic carbocycles. The van der Waals surface area contributed by atoms with Crippen molar-refractivity contribution in [2.75, 3.05) is 33.5 Å². The number of benzene rings is 2. The van der Waals surface area contributed by atoms with Crippen LogP contribution in [0.2, 0.25) is 0 Å². The molecule has 0 bridgehead atoms. The van der Waals surface area contributed by atoms with Crippen LogP contribution in [0.5, 0.6) is 23.0 Å². The van der Waals surface area contributed by atoms with Gasteiger partial charge in [0.1, 0.15) is 0 Å². The fourth-order valence-corrected chi connectivity index (χ4v) is 4.09. The Balaban J connectivity index is 1.93. The summed E-state index contributed by atoms with van der Waals surface area (Å²) in [5.74, 6) is 2.66. The Morgan fingerprint density at radius 3 is 1.97 bits per heavy atom. The minimum atomic E-state index is 0.310. The van der Waals surface area contributed by atoms with Crippen LogP contribution in [0, 0.1) is 11.3 Å². The molecule has 202 valence electrons. The highest BCUT2D eigenvalue weighted by Gasteiger charge is 2.11. The summed E-state index contributed by atoms with van der Waals surface area (Å²) in [6.07, 6.45) is 12.3. The SMILES string of the molecule is CCOc1ccc(C(C#N)=Cc2ccc(OCCCCCCCCCCCO)c(OC)c2)cc1OCC. The molecule has 0 atom stereocenters. The van der Waals surface area contributed by atoms with Crippen LogP contribution in [0.1, 0.15) is 82.8 Å². The molecule has 2 aromatic rings. The van der Waals surface area contributed by atoms with Crippen LogP contribution in [0.15, 0.2) is 36.4 Å². The van der Waals surface area contributed by atoms with Gasteiger partial charge in [-0.1, -0.05) is 51.0 Å². The van der Waals surface area contributed by atoms with Gasteiger partial charge in [0.05, 0.1) is 38.6 Å². The highest BCUT2D eigenvalue weighted by molar-refractivity contribution is 5.90. The quantitative estimate of drug-likeness (QED) is 0.120. The van der Waals surface area contributed by atoms with Gasteiger partial charge in [0.25, 0.3) is 0 Å². The topological polar surface area (TPSA) is 80.9 Å². The van der Waals surface area contributed by atoms with Gasteiger partial charge >= 0.3 is 0 Å². The van der Waals surface area contributed by atoms with Gasteiger partial charge in [-0.05, 0) is 74.2 Å². The second kappa shape index (κ2) is 18.1. The lowest BCUT2D eigenvalue weighted by Crippen LogP contribution is -2.00. The van der Waals surface area contributed by atoms with Gasteiger partial charge in [-0.25, -0.2) is 0 Å². The maximum atomic E-state index is 9.83. The van der Waals surface area contributed by atoms with E-state index in [1.807, 2.05) is 56.3 Å². The Bertz CT molecular complexity index is 996. The van der Waals surface area contributed by atoms with Crippen molar-refractivity contribution >= 4 is 11.6 Å². The van der Waals surface area contributed by atoms with Crippen molar-refractivity contribution in [3.05, 3.63) is 47.5 Å². The lowest BCUT2D eigenvalue weighted by Gasteiger charge is -2.13. The van der Waals surface area contributed by atoms with E-state index in [0.29, 0.717) is 55.0 Å². The molecule has 6 heteroatoms. The van der Waals surface area contributed by atoms with Crippen molar-refractivity contribution in [1.82, 2.24) is 0 Å². The molecular weight excluding hydrogens is 466 g/mol. The number of nitrogens with zero attached hydrogens (tertiary/aromatic N) is 1. The summed E-state index contributed by atoms with van der Waals surface area (Å²) >= 11 is 0. The lowest BCUT2D eigenvalue weighted by atomic mass is 10.0. The van der Waals surface area contributed by atoms with Gasteiger partial charge in [0.15, 0.2) is 23.0 Å². The Hall–Kier alpha value is -3.17. The molecule has 0 heterocycles. The van der Waals surface area contributed by atoms with Crippen LogP contribution in [-0.4, -0.2) is 38.6 Å². The smallest absolute Gasteiger partial charge is 0.161 e. The van der Waals surface area contributed by atoms with Crippen molar-refractivity contribution in [2.45, 2.75) is 71.6 Å². The average molecular weight is 510 g/mol. The van der Waals surface area contributed by atoms with E-state index < -0.39 is 0 Å². The number of methoxy groups -OCH3 is 1. The largest absolute Gasteiger partial charge is 0.493 e. The maximum Gasteiger partial charge on any atom is 0.161 e. The summed E-state index contributed by atoms with van der Waals surface area (Å²) in [5.41, 5.74) is 2.14. The van der Waals surface area contributed by atoms with Gasteiger partial charge in [0.2, 0.25) is 0 Å². The number of hydrogen-bond acceptors (Lipinski definition) is 6. The standard InChI is InChI=1S/C31H43NO5/c1-4-35-29-18-16-26(23-31(29)36-5-2)27(24-32)21-25-15-17-28(30(22-25)34-3)37-20-14-12-10-8-6-7-9-11-13-19-33/h15-18,21-23,33H,4-14,19-20H2,1-3H3. The van der Waals surface area contributed by atoms with Gasteiger partial charge in [-0.15, -0.1) is 0 Å². The van der Waals surface area contributed by atoms with E-state index in [0.717, 1.165) is 36.8 Å². The zero-order chi connectivity index (χ0) is 26.7. The maximum absolute atomic E-state index is 9.83. The molecule has 0 radical (unpaired) electrons. The van der Waals surface area contributed by atoms with E-state index in [2.05, 4.69) is 6.07 Å². The van der Waals surface area contributed by atoms with Crippen LogP contribution < -0.4 is 18.9 Å². The molecule has 0 aliphatic carbocycles. The molecule has 2 rings (SSSR count). The molecular formula is C31H43NO5. The van der Waals surface area contributed by atoms with Crippen LogP contribution in [0.25, 0.3) is 11.6 Å². The van der Waals surface area contributed by atoms with E-state index in [1.54, 1.807) is 7.11 Å². The van der Waals surface area contributed by atoms with Gasteiger partial charge < -0.3 is 24.1 Å². The van der Waals surface area contributed by atoms with Crippen LogP contribution >= 0.6 is 0 Å². The lowest BCUT2D eigenvalue weighted by molar-refractivity contribution is 0.281. The Labute approximate surface area is 222 Å². The second-order valence-electron chi connectivity index (χ2n) is 8.86. The van der Waals surface area contributed by atoms with E-state index >= 15 is 0 Å². The predicted octanol–water partition coefficient (Wildman–Crippen LogP) is 7.44. The number of allylic oxidation sites excluding steroid dienone is 1. The third-order valence-electron chi connectivity index (χ3n) is 6.03. The monoisotopic (exact) mass is 509 g/mol. The first-order valence-electron chi connectivity index (χ1n) is 13.6. The second-order valence-corrected chi connectivity index (χ2v) is 8.86. The molecule has 0 aromatic heterocycles. The molecule has 6 nitrogen and oxygen atoms in total. The Morgan fingerprint density at radius 1 is 0.757 bits per heavy atom. The van der Waals surface area contributed by atoms with Gasteiger partial charge in [-0.3, -0.25) is 0 Å². The molecule has 0 saturated heterocycles. The van der Waals surface area contributed by atoms with Crippen molar-refractivity contribution in [3.63, 3.8) is 0 Å². The first-order chi connectivity index (χ1) is 18.2. The fourth-order valence-electron chi connectivity index (χ4n) is 4.09. The first-order valence-corrected chi connectivity index (χ1v) is 13.6. The minimum absolute atomic E-state index is 0.310. The molecule has 0 saturated carbocycles. The van der Waals surface area contributed by atoms with E-state index in [1.165, 1.54) is 32.1 Å². The molecule has 0 fully saturated rings. The van der Waals surface area contributed by atoms with Crippen molar-refractivity contribution in [3.8, 4) is 29.1 Å². The summed E-state index contributed by atoms with van der Waals surface area (Å²) in [7, 11) is 1.63. The summed E-state index contributed by atoms with van der Waals surface area (Å²) in [5, 5.41) is 18.6. The normalized spacial score (nSPS) is 11.2. The van der Waals surface area contributed by atoms with Crippen LogP contribution in [0.3, 0.4) is 0 Å². The number of aliphatic hydroxyl groups is 1. The van der Waals surface area contributed by atoms with Gasteiger partial charge in [0, 0.05) is 6.61 Å². The summed E-state index contributed by atoms with van der Waals surface area (Å²) in [4.78, 5) is 0. The molecule has 37 heavy (non-hydrogen) atoms. The number of nitriles is 1. The summed E-state index contributed by atoms with van der Waals surface area (Å²) in [6, 6.07) is 13.6. The third-order valence-corrected chi connectivity index (χ3v) is 6.03. The zero-order valence-corrected chi connectivity index (χ0v) is 22.8. The number of hydrogen-bond donors (Lipinski definition) is 1. The highest BCUT2D eigenvalue weighted by atomic mass is 16.5. The van der Waals surface area contributed by atoms with Crippen molar-refractivity contribution in [1.29, 1.82) is 5.26 Å². The number of unbranched alkanes of at least 4 members (excludes halogenated alkanes) is 8. The Morgan fingerprint density at radius 2 is 1.35 bits per heavy atom. The molecule has 0 spiro atoms. The number of rotatable bonds is 19. The molecule has 0 amide bonds. The number of ether oxygens (including phenoxy) is 4. The number of aliphatic hydroxyl groups excluding tert-OH is 1. The third kappa shape index (κ3) is 10.8. The first kappa shape index (κ1) is 30.1. The average Bonchev–Trinajstić information content (AvgIpc) is 2.92. The molecule has 0 unspecified atom stereocenters. The van der Waals surface area contributed by atoms with Crippen molar-refractivity contribution < 1.29 is 24.1 Å². The highest BCUT2D eigenvalue weighted by Crippen LogP contribution is 2.33. The fraction of sp³-hybridized carbons (Fsp3) is 0.516. The molecule has 1 N–H and O–H groups in total. The molecule has 0 aliphatic rings. The summed E-state index contributed by atoms with van der Waals surface area (Å²) < 4.78 is 22.9. The Kier molecular flexibility index (Phi) is 14.7. The van der Waals surface area contributed by atoms with Crippen LogP contribution in [-0.2, 0) is 0 Å². The van der Waals surface area contributed by atoms with Crippen LogP contribution in [0.4, 0.5) is 0 Å². The van der Waals surface area contributed by atoms with Gasteiger partial charge in [-0.2, -0.15) is 5.26 Å². The van der Waals surface area contributed by atoms with E-state index in [4.69, 9.17) is 24.1 Å². The predicted molar refractivity (Wildman–Crippen MR) is 149 cm³/mol. The zero-order valence-electron chi connectivity index (χ0n) is 22.8. The van der Waals surface area contributed by atoms with Crippen molar-refractivity contribution in [2.24, 2.45) is 0 Å². The summed E-state index contributed by atoms with van der Waals surface area (Å²) in [6.45, 7) is 5.86. The minimum Gasteiger partial charge on any atom is -0.493 e. The van der Waals surface area contributed by atoms with E-state index in [9.17, 15) is 5.26 Å². The molecule has 0 aliphatic heterocycles. The van der Waals surface area contributed by atoms with E-state index in [-0.39, 0.29) is 0 Å².